The molecule has 1 fully saturated rings. The van der Waals surface area contributed by atoms with Gasteiger partial charge in [-0.1, -0.05) is 6.07 Å². The smallest absolute Gasteiger partial charge is 0.0652 e. The molecule has 2 rings (SSSR count). The Morgan fingerprint density at radius 1 is 1.44 bits per heavy atom. The molecule has 4 nitrogen and oxygen atoms in total. The number of nitrogens with zero attached hydrogens (tertiary/aromatic N) is 3. The molecule has 0 spiro atoms. The summed E-state index contributed by atoms with van der Waals surface area (Å²) in [7, 11) is 0. The Hall–Kier alpha value is -1.44. The summed E-state index contributed by atoms with van der Waals surface area (Å²) in [4.78, 5) is 6.70. The maximum absolute atomic E-state index is 8.91. The largest absolute Gasteiger partial charge is 0.314 e. The van der Waals surface area contributed by atoms with Gasteiger partial charge in [0.25, 0.3) is 0 Å². The van der Waals surface area contributed by atoms with Crippen molar-refractivity contribution in [2.75, 3.05) is 26.2 Å². The van der Waals surface area contributed by atoms with E-state index in [-0.39, 0.29) is 6.04 Å². The summed E-state index contributed by atoms with van der Waals surface area (Å²) < 4.78 is 0. The normalized spacial score (nSPS) is 18.9. The molecule has 0 bridgehead atoms. The van der Waals surface area contributed by atoms with Crippen LogP contribution < -0.4 is 5.32 Å². The van der Waals surface area contributed by atoms with E-state index in [2.05, 4.69) is 21.3 Å². The first kappa shape index (κ1) is 11.1. The van der Waals surface area contributed by atoms with Crippen molar-refractivity contribution in [2.24, 2.45) is 0 Å². The van der Waals surface area contributed by atoms with Crippen LogP contribution in [0.3, 0.4) is 0 Å². The zero-order chi connectivity index (χ0) is 11.2. The number of nitriles is 1. The minimum absolute atomic E-state index is 0.147. The fourth-order valence-corrected chi connectivity index (χ4v) is 2.07. The van der Waals surface area contributed by atoms with Crippen LogP contribution >= 0.6 is 0 Å². The second-order valence-electron chi connectivity index (χ2n) is 3.92. The van der Waals surface area contributed by atoms with E-state index in [1.54, 1.807) is 6.20 Å². The predicted octanol–water partition coefficient (Wildman–Crippen LogP) is 0.942. The lowest BCUT2D eigenvalue weighted by Gasteiger charge is -2.33. The van der Waals surface area contributed by atoms with Crippen molar-refractivity contribution in [1.29, 1.82) is 5.26 Å². The second-order valence-corrected chi connectivity index (χ2v) is 3.92. The van der Waals surface area contributed by atoms with Crippen LogP contribution in [0.2, 0.25) is 0 Å². The topological polar surface area (TPSA) is 52.0 Å². The van der Waals surface area contributed by atoms with E-state index < -0.39 is 0 Å². The molecule has 0 amide bonds. The number of piperazine rings is 1. The quantitative estimate of drug-likeness (QED) is 0.817. The van der Waals surface area contributed by atoms with Crippen LogP contribution in [0.5, 0.6) is 0 Å². The van der Waals surface area contributed by atoms with Gasteiger partial charge >= 0.3 is 0 Å². The van der Waals surface area contributed by atoms with E-state index in [1.165, 1.54) is 0 Å². The molecule has 1 aromatic heterocycles. The lowest BCUT2D eigenvalue weighted by molar-refractivity contribution is 0.172. The average Bonchev–Trinajstić information content (AvgIpc) is 2.38. The van der Waals surface area contributed by atoms with Gasteiger partial charge in [0.05, 0.1) is 24.2 Å². The van der Waals surface area contributed by atoms with Gasteiger partial charge in [-0.25, -0.2) is 0 Å². The van der Waals surface area contributed by atoms with Crippen molar-refractivity contribution >= 4 is 0 Å². The molecule has 1 aliphatic rings. The minimum Gasteiger partial charge on any atom is -0.314 e. The van der Waals surface area contributed by atoms with Crippen molar-refractivity contribution in [3.05, 3.63) is 30.1 Å². The zero-order valence-corrected chi connectivity index (χ0v) is 9.26. The van der Waals surface area contributed by atoms with Crippen LogP contribution in [0.25, 0.3) is 0 Å². The maximum Gasteiger partial charge on any atom is 0.0652 e. The molecule has 16 heavy (non-hydrogen) atoms. The van der Waals surface area contributed by atoms with Gasteiger partial charge in [-0.05, 0) is 12.1 Å². The molecule has 0 aliphatic carbocycles. The maximum atomic E-state index is 8.91. The van der Waals surface area contributed by atoms with Crippen molar-refractivity contribution < 1.29 is 0 Å². The SMILES string of the molecule is N#CC[C@H](c1ccccn1)N1CCNCC1. The molecule has 4 heteroatoms. The van der Waals surface area contributed by atoms with E-state index in [0.717, 1.165) is 31.9 Å². The summed E-state index contributed by atoms with van der Waals surface area (Å²) in [6, 6.07) is 8.30. The number of rotatable bonds is 3. The Morgan fingerprint density at radius 2 is 2.25 bits per heavy atom. The van der Waals surface area contributed by atoms with Crippen molar-refractivity contribution in [3.63, 3.8) is 0 Å². The van der Waals surface area contributed by atoms with Gasteiger partial charge in [-0.2, -0.15) is 5.26 Å². The van der Waals surface area contributed by atoms with Gasteiger partial charge in [0.1, 0.15) is 0 Å². The predicted molar refractivity (Wildman–Crippen MR) is 61.7 cm³/mol. The fraction of sp³-hybridized carbons (Fsp3) is 0.500. The van der Waals surface area contributed by atoms with Crippen LogP contribution in [0, 0.1) is 11.3 Å². The number of hydrogen-bond acceptors (Lipinski definition) is 4. The van der Waals surface area contributed by atoms with Crippen molar-refractivity contribution in [1.82, 2.24) is 15.2 Å². The van der Waals surface area contributed by atoms with Gasteiger partial charge in [0.2, 0.25) is 0 Å². The molecule has 1 N–H and O–H groups in total. The monoisotopic (exact) mass is 216 g/mol. The molecule has 0 unspecified atom stereocenters. The van der Waals surface area contributed by atoms with Gasteiger partial charge < -0.3 is 5.32 Å². The van der Waals surface area contributed by atoms with E-state index in [9.17, 15) is 0 Å². The first-order valence-corrected chi connectivity index (χ1v) is 5.64. The van der Waals surface area contributed by atoms with E-state index in [0.29, 0.717) is 6.42 Å². The molecular weight excluding hydrogens is 200 g/mol. The summed E-state index contributed by atoms with van der Waals surface area (Å²) in [5, 5.41) is 12.2. The first-order chi connectivity index (χ1) is 7.92. The number of nitrogens with one attached hydrogen (secondary N) is 1. The highest BCUT2D eigenvalue weighted by molar-refractivity contribution is 5.11. The minimum atomic E-state index is 0.147. The Kier molecular flexibility index (Phi) is 3.86. The van der Waals surface area contributed by atoms with Gasteiger partial charge in [0, 0.05) is 32.4 Å². The van der Waals surface area contributed by atoms with Gasteiger partial charge in [0.15, 0.2) is 0 Å². The third-order valence-electron chi connectivity index (χ3n) is 2.91. The van der Waals surface area contributed by atoms with Crippen LogP contribution in [0.1, 0.15) is 18.2 Å². The third-order valence-corrected chi connectivity index (χ3v) is 2.91. The number of aromatic nitrogens is 1. The van der Waals surface area contributed by atoms with E-state index in [1.807, 2.05) is 18.2 Å². The molecule has 2 heterocycles. The highest BCUT2D eigenvalue weighted by Crippen LogP contribution is 2.21. The molecule has 0 radical (unpaired) electrons. The van der Waals surface area contributed by atoms with Crippen LogP contribution in [0.4, 0.5) is 0 Å². The fourth-order valence-electron chi connectivity index (χ4n) is 2.07. The van der Waals surface area contributed by atoms with E-state index in [4.69, 9.17) is 5.26 Å². The lowest BCUT2D eigenvalue weighted by atomic mass is 10.1. The van der Waals surface area contributed by atoms with Crippen LogP contribution in [-0.2, 0) is 0 Å². The van der Waals surface area contributed by atoms with E-state index >= 15 is 0 Å². The number of hydrogen-bond donors (Lipinski definition) is 1. The summed E-state index contributed by atoms with van der Waals surface area (Å²) in [6.07, 6.45) is 2.30. The van der Waals surface area contributed by atoms with Crippen LogP contribution in [-0.4, -0.2) is 36.1 Å². The van der Waals surface area contributed by atoms with Crippen LogP contribution in [0.15, 0.2) is 24.4 Å². The lowest BCUT2D eigenvalue weighted by Crippen LogP contribution is -2.45. The molecule has 1 atom stereocenters. The second kappa shape index (κ2) is 5.59. The number of pyridine rings is 1. The zero-order valence-electron chi connectivity index (χ0n) is 9.26. The van der Waals surface area contributed by atoms with Gasteiger partial charge in [-0.3, -0.25) is 9.88 Å². The Labute approximate surface area is 95.9 Å². The summed E-state index contributed by atoms with van der Waals surface area (Å²) in [6.45, 7) is 3.97. The molecule has 1 aliphatic heterocycles. The highest BCUT2D eigenvalue weighted by Gasteiger charge is 2.22. The first-order valence-electron chi connectivity index (χ1n) is 5.64. The summed E-state index contributed by atoms with van der Waals surface area (Å²) in [5.74, 6) is 0. The average molecular weight is 216 g/mol. The Morgan fingerprint density at radius 3 is 2.88 bits per heavy atom. The molecular formula is C12H16N4. The molecule has 0 aromatic carbocycles. The Balaban J connectivity index is 2.13. The van der Waals surface area contributed by atoms with Gasteiger partial charge in [-0.15, -0.1) is 0 Å². The Bertz CT molecular complexity index is 351. The van der Waals surface area contributed by atoms with Crippen molar-refractivity contribution in [2.45, 2.75) is 12.5 Å². The molecule has 84 valence electrons. The highest BCUT2D eigenvalue weighted by atomic mass is 15.2. The summed E-state index contributed by atoms with van der Waals surface area (Å²) in [5.41, 5.74) is 1.01. The molecule has 0 saturated carbocycles. The standard InChI is InChI=1S/C12H16N4/c13-5-4-12(11-3-1-2-6-15-11)16-9-7-14-8-10-16/h1-3,6,12,14H,4,7-10H2/t12-/m1/s1. The molecule has 1 saturated heterocycles. The molecule has 1 aromatic rings. The van der Waals surface area contributed by atoms with Crippen molar-refractivity contribution in [3.8, 4) is 6.07 Å². The third kappa shape index (κ3) is 2.57. The summed E-state index contributed by atoms with van der Waals surface area (Å²) >= 11 is 0.